The molecule has 0 bridgehead atoms. The molecule has 15 heteroatoms. The highest BCUT2D eigenvalue weighted by molar-refractivity contribution is 7.06. The van der Waals surface area contributed by atoms with Crippen LogP contribution in [0.1, 0.15) is 28.5 Å². The number of alkyl halides is 3. The molecular formula is C20H19F3N6O5S. The van der Waals surface area contributed by atoms with Gasteiger partial charge in [0.1, 0.15) is 17.9 Å². The summed E-state index contributed by atoms with van der Waals surface area (Å²) < 4.78 is 51.3. The number of carbonyl (C=O) groups is 2. The molecule has 11 nitrogen and oxygen atoms in total. The minimum atomic E-state index is -4.46. The van der Waals surface area contributed by atoms with Crippen molar-refractivity contribution in [3.63, 3.8) is 0 Å². The van der Waals surface area contributed by atoms with E-state index in [2.05, 4.69) is 29.4 Å². The fraction of sp³-hybridized carbons (Fsp3) is 0.300. The van der Waals surface area contributed by atoms with E-state index >= 15 is 0 Å². The molecule has 0 fully saturated rings. The molecule has 0 saturated heterocycles. The molecule has 186 valence electrons. The minimum Gasteiger partial charge on any atom is -0.484 e. The summed E-state index contributed by atoms with van der Waals surface area (Å²) in [5, 5.41) is 11.3. The second-order valence-electron chi connectivity index (χ2n) is 7.02. The van der Waals surface area contributed by atoms with Crippen LogP contribution in [0.15, 0.2) is 36.8 Å². The van der Waals surface area contributed by atoms with Crippen LogP contribution in [0.4, 0.5) is 13.2 Å². The predicted octanol–water partition coefficient (Wildman–Crippen LogP) is 1.65. The van der Waals surface area contributed by atoms with Crippen molar-refractivity contribution in [2.24, 2.45) is 5.73 Å². The number of nitrogens with zero attached hydrogens (tertiary/aromatic N) is 4. The van der Waals surface area contributed by atoms with E-state index < -0.39 is 43.4 Å². The predicted molar refractivity (Wildman–Crippen MR) is 116 cm³/mol. The molecule has 0 saturated carbocycles. The number of amides is 2. The molecule has 2 amide bonds. The van der Waals surface area contributed by atoms with Gasteiger partial charge in [-0.05, 0) is 30.6 Å². The zero-order chi connectivity index (χ0) is 25.6. The third kappa shape index (κ3) is 7.31. The minimum absolute atomic E-state index is 0.180. The number of nitrogens with one attached hydrogen (secondary N) is 1. The standard InChI is InChI=1S/C20H19F3N6O5S/c1-10(34-12-2-3-16(25-7-12)33-9-20(21,22)23)15-4-13(29-35-15)11-5-26-18(27-6-11)19(32)28-14(8-30)17(24)31/h2-7,10,14,30H,8-9H2,1H3,(H2,24,31)(H,28,32)/t10-,14+/m1/s1. The highest BCUT2D eigenvalue weighted by Crippen LogP contribution is 2.29. The molecule has 0 radical (unpaired) electrons. The Morgan fingerprint density at radius 2 is 1.91 bits per heavy atom. The van der Waals surface area contributed by atoms with Gasteiger partial charge in [0.2, 0.25) is 17.6 Å². The molecule has 3 heterocycles. The fourth-order valence-corrected chi connectivity index (χ4v) is 3.29. The fourth-order valence-electron chi connectivity index (χ4n) is 2.56. The lowest BCUT2D eigenvalue weighted by Gasteiger charge is -2.13. The molecule has 0 unspecified atom stereocenters. The number of rotatable bonds is 10. The van der Waals surface area contributed by atoms with Crippen molar-refractivity contribution >= 4 is 23.3 Å². The summed E-state index contributed by atoms with van der Waals surface area (Å²) >= 11 is 1.15. The molecule has 0 aliphatic carbocycles. The van der Waals surface area contributed by atoms with Crippen LogP contribution in [0.5, 0.6) is 11.6 Å². The number of ether oxygens (including phenoxy) is 2. The molecule has 35 heavy (non-hydrogen) atoms. The first kappa shape index (κ1) is 25.8. The van der Waals surface area contributed by atoms with E-state index in [1.54, 1.807) is 13.0 Å². The summed E-state index contributed by atoms with van der Waals surface area (Å²) in [5.74, 6) is -1.76. The first-order valence-electron chi connectivity index (χ1n) is 9.88. The van der Waals surface area contributed by atoms with Crippen LogP contribution in [-0.2, 0) is 4.79 Å². The van der Waals surface area contributed by atoms with Gasteiger partial charge >= 0.3 is 6.18 Å². The monoisotopic (exact) mass is 512 g/mol. The number of aromatic nitrogens is 4. The normalized spacial score (nSPS) is 13.1. The molecule has 0 aliphatic heterocycles. The lowest BCUT2D eigenvalue weighted by molar-refractivity contribution is -0.154. The average molecular weight is 512 g/mol. The van der Waals surface area contributed by atoms with Crippen molar-refractivity contribution in [1.29, 1.82) is 0 Å². The van der Waals surface area contributed by atoms with Gasteiger partial charge in [0, 0.05) is 24.0 Å². The quantitative estimate of drug-likeness (QED) is 0.367. The molecule has 2 atom stereocenters. The number of hydrogen-bond donors (Lipinski definition) is 3. The van der Waals surface area contributed by atoms with Gasteiger partial charge in [0.15, 0.2) is 6.61 Å². The summed E-state index contributed by atoms with van der Waals surface area (Å²) in [4.78, 5) is 35.6. The van der Waals surface area contributed by atoms with Gasteiger partial charge in [-0.15, -0.1) is 0 Å². The Morgan fingerprint density at radius 1 is 1.20 bits per heavy atom. The highest BCUT2D eigenvalue weighted by Gasteiger charge is 2.28. The number of nitrogens with two attached hydrogens (primary N) is 1. The number of aliphatic hydroxyl groups excluding tert-OH is 1. The number of hydrogen-bond acceptors (Lipinski definition) is 10. The molecule has 3 aromatic rings. The van der Waals surface area contributed by atoms with E-state index in [0.29, 0.717) is 17.0 Å². The van der Waals surface area contributed by atoms with Crippen LogP contribution in [0.3, 0.4) is 0 Å². The third-order valence-electron chi connectivity index (χ3n) is 4.32. The van der Waals surface area contributed by atoms with E-state index in [4.69, 9.17) is 15.6 Å². The second kappa shape index (κ2) is 11.1. The first-order chi connectivity index (χ1) is 16.6. The number of carbonyl (C=O) groups excluding carboxylic acids is 2. The van der Waals surface area contributed by atoms with Gasteiger partial charge in [-0.25, -0.2) is 15.0 Å². The summed E-state index contributed by atoms with van der Waals surface area (Å²) in [7, 11) is 0. The highest BCUT2D eigenvalue weighted by atomic mass is 32.1. The van der Waals surface area contributed by atoms with Crippen molar-refractivity contribution in [3.05, 3.63) is 47.5 Å². The van der Waals surface area contributed by atoms with Gasteiger partial charge in [-0.1, -0.05) is 0 Å². The van der Waals surface area contributed by atoms with Crippen molar-refractivity contribution < 1.29 is 37.3 Å². The van der Waals surface area contributed by atoms with Crippen LogP contribution < -0.4 is 20.5 Å². The summed E-state index contributed by atoms with van der Waals surface area (Å²) in [6.45, 7) is -0.342. The van der Waals surface area contributed by atoms with Crippen LogP contribution >= 0.6 is 11.5 Å². The van der Waals surface area contributed by atoms with Gasteiger partial charge in [0.05, 0.1) is 23.4 Å². The first-order valence-corrected chi connectivity index (χ1v) is 10.7. The molecule has 4 N–H and O–H groups in total. The molecule has 0 spiro atoms. The third-order valence-corrected chi connectivity index (χ3v) is 5.27. The number of halogens is 3. The zero-order valence-electron chi connectivity index (χ0n) is 18.0. The van der Waals surface area contributed by atoms with Crippen LogP contribution in [0, 0.1) is 0 Å². The van der Waals surface area contributed by atoms with Gasteiger partial charge in [0.25, 0.3) is 5.91 Å². The topological polar surface area (TPSA) is 162 Å². The maximum atomic E-state index is 12.2. The Morgan fingerprint density at radius 3 is 2.49 bits per heavy atom. The van der Waals surface area contributed by atoms with E-state index in [1.165, 1.54) is 30.7 Å². The Labute approximate surface area is 200 Å². The maximum absolute atomic E-state index is 12.2. The van der Waals surface area contributed by atoms with E-state index in [-0.39, 0.29) is 11.7 Å². The lowest BCUT2D eigenvalue weighted by Crippen LogP contribution is -2.47. The van der Waals surface area contributed by atoms with Gasteiger partial charge in [-0.3, -0.25) is 9.59 Å². The van der Waals surface area contributed by atoms with Crippen molar-refractivity contribution in [1.82, 2.24) is 24.6 Å². The summed E-state index contributed by atoms with van der Waals surface area (Å²) in [6, 6.07) is 3.19. The molecule has 0 aliphatic rings. The SMILES string of the molecule is C[C@@H](Oc1ccc(OCC(F)(F)F)nc1)c1cc(-c2cnc(C(=O)N[C@@H](CO)C(N)=O)nc2)ns1. The second-order valence-corrected chi connectivity index (χ2v) is 7.85. The summed E-state index contributed by atoms with van der Waals surface area (Å²) in [5.41, 5.74) is 6.10. The van der Waals surface area contributed by atoms with Crippen LogP contribution in [0.2, 0.25) is 0 Å². The zero-order valence-corrected chi connectivity index (χ0v) is 18.8. The van der Waals surface area contributed by atoms with Crippen LogP contribution in [0.25, 0.3) is 11.3 Å². The van der Waals surface area contributed by atoms with Gasteiger partial charge in [-0.2, -0.15) is 17.5 Å². The largest absolute Gasteiger partial charge is 0.484 e. The number of primary amides is 1. The van der Waals surface area contributed by atoms with E-state index in [1.807, 2.05) is 0 Å². The number of pyridine rings is 1. The van der Waals surface area contributed by atoms with Crippen LogP contribution in [-0.4, -0.2) is 61.7 Å². The summed E-state index contributed by atoms with van der Waals surface area (Å²) in [6.07, 6.45) is -0.926. The maximum Gasteiger partial charge on any atom is 0.422 e. The van der Waals surface area contributed by atoms with Crippen molar-refractivity contribution in [2.45, 2.75) is 25.2 Å². The Bertz CT molecular complexity index is 1160. The van der Waals surface area contributed by atoms with E-state index in [9.17, 15) is 22.8 Å². The molecular weight excluding hydrogens is 493 g/mol. The van der Waals surface area contributed by atoms with Gasteiger partial charge < -0.3 is 25.6 Å². The smallest absolute Gasteiger partial charge is 0.422 e. The van der Waals surface area contributed by atoms with Crippen molar-refractivity contribution in [2.75, 3.05) is 13.2 Å². The average Bonchev–Trinajstić information content (AvgIpc) is 3.32. The molecule has 0 aromatic carbocycles. The lowest BCUT2D eigenvalue weighted by atomic mass is 10.2. The molecule has 3 rings (SSSR count). The molecule has 3 aromatic heterocycles. The Balaban J connectivity index is 1.60. The van der Waals surface area contributed by atoms with E-state index in [0.717, 1.165) is 16.4 Å². The van der Waals surface area contributed by atoms with Crippen molar-refractivity contribution in [3.8, 4) is 22.9 Å². The number of aliphatic hydroxyl groups is 1. The Hall–Kier alpha value is -3.85. The Kier molecular flexibility index (Phi) is 8.14.